The predicted octanol–water partition coefficient (Wildman–Crippen LogP) is 17.0. The van der Waals surface area contributed by atoms with Gasteiger partial charge in [0.1, 0.15) is 13.2 Å². The number of hydrogen-bond donors (Lipinski definition) is 0. The molecule has 1 atom stereocenters. The average molecular weight is 875 g/mol. The second-order valence-electron chi connectivity index (χ2n) is 16.8. The van der Waals surface area contributed by atoms with Crippen molar-refractivity contribution in [3.63, 3.8) is 0 Å². The molecule has 1 unspecified atom stereocenters. The Kier molecular flexibility index (Phi) is 48.0. The highest BCUT2D eigenvalue weighted by Gasteiger charge is 2.19. The summed E-state index contributed by atoms with van der Waals surface area (Å²) in [6.07, 6.45) is 66.8. The fourth-order valence-corrected chi connectivity index (χ4v) is 6.89. The van der Waals surface area contributed by atoms with Crippen LogP contribution < -0.4 is 0 Å². The molecule has 0 amide bonds. The molecule has 6 heteroatoms. The number of unbranched alkanes of at least 4 members (excludes halogenated alkanes) is 22. The third-order valence-corrected chi connectivity index (χ3v) is 10.7. The van der Waals surface area contributed by atoms with Gasteiger partial charge in [0.25, 0.3) is 0 Å². The topological polar surface area (TPSA) is 78.9 Å². The molecule has 63 heavy (non-hydrogen) atoms. The molecule has 0 saturated heterocycles. The summed E-state index contributed by atoms with van der Waals surface area (Å²) in [6.45, 7) is 6.33. The molecule has 0 rings (SSSR count). The molecule has 0 N–H and O–H groups in total. The molecule has 358 valence electrons. The van der Waals surface area contributed by atoms with E-state index in [1.165, 1.54) is 83.5 Å². The van der Waals surface area contributed by atoms with E-state index in [1.807, 2.05) is 48.6 Å². The number of allylic oxidation sites excluding steroid dienone is 16. The first-order valence-corrected chi connectivity index (χ1v) is 25.8. The zero-order valence-electron chi connectivity index (χ0n) is 40.8. The second kappa shape index (κ2) is 51.0. The molecule has 0 aliphatic heterocycles. The highest BCUT2D eigenvalue weighted by atomic mass is 16.6. The van der Waals surface area contributed by atoms with Crippen LogP contribution in [0.2, 0.25) is 0 Å². The summed E-state index contributed by atoms with van der Waals surface area (Å²) in [6, 6.07) is 0. The highest BCUT2D eigenvalue weighted by molar-refractivity contribution is 5.71. The van der Waals surface area contributed by atoms with Crippen LogP contribution in [0.1, 0.15) is 226 Å². The maximum Gasteiger partial charge on any atom is 0.306 e. The molecule has 0 aliphatic rings. The van der Waals surface area contributed by atoms with Crippen LogP contribution in [-0.4, -0.2) is 37.2 Å². The summed E-state index contributed by atoms with van der Waals surface area (Å²) < 4.78 is 16.7. The Balaban J connectivity index is 4.49. The van der Waals surface area contributed by atoms with Crippen LogP contribution in [0.3, 0.4) is 0 Å². The zero-order valence-corrected chi connectivity index (χ0v) is 40.8. The molecule has 0 aromatic carbocycles. The number of hydrogen-bond acceptors (Lipinski definition) is 6. The summed E-state index contributed by atoms with van der Waals surface area (Å²) in [5.74, 6) is -0.968. The normalized spacial score (nSPS) is 12.9. The fraction of sp³-hybridized carbons (Fsp3) is 0.667. The summed E-state index contributed by atoms with van der Waals surface area (Å²) in [5.41, 5.74) is 0. The summed E-state index contributed by atoms with van der Waals surface area (Å²) in [4.78, 5) is 38.0. The number of ether oxygens (including phenoxy) is 3. The van der Waals surface area contributed by atoms with Crippen molar-refractivity contribution in [2.75, 3.05) is 13.2 Å². The van der Waals surface area contributed by atoms with Gasteiger partial charge in [0.2, 0.25) is 0 Å². The van der Waals surface area contributed by atoms with E-state index in [9.17, 15) is 14.4 Å². The number of carbonyl (C=O) groups excluding carboxylic acids is 3. The van der Waals surface area contributed by atoms with E-state index in [1.54, 1.807) is 0 Å². The van der Waals surface area contributed by atoms with Crippen LogP contribution in [0.25, 0.3) is 0 Å². The van der Waals surface area contributed by atoms with E-state index < -0.39 is 6.10 Å². The quantitative estimate of drug-likeness (QED) is 0.0199. The SMILES string of the molecule is CC\C=C/C=C\C=C/C=C\C=C/CCCCCC(=O)OC(COC(=O)CCCCCC/C=C\C/C=C\C/C=C\CC)COC(=O)CCCCCCCCCCCCCCCCCC. The molecule has 0 saturated carbocycles. The van der Waals surface area contributed by atoms with Crippen molar-refractivity contribution in [1.82, 2.24) is 0 Å². The van der Waals surface area contributed by atoms with Crippen LogP contribution in [0.5, 0.6) is 0 Å². The molecule has 0 fully saturated rings. The Morgan fingerprint density at radius 1 is 0.349 bits per heavy atom. The maximum atomic E-state index is 12.8. The number of rotatable bonds is 45. The predicted molar refractivity (Wildman–Crippen MR) is 270 cm³/mol. The molecular weight excluding hydrogens is 781 g/mol. The maximum absolute atomic E-state index is 12.8. The molecule has 0 spiro atoms. The van der Waals surface area contributed by atoms with E-state index in [2.05, 4.69) is 69.4 Å². The van der Waals surface area contributed by atoms with Crippen molar-refractivity contribution >= 4 is 17.9 Å². The van der Waals surface area contributed by atoms with Crippen molar-refractivity contribution < 1.29 is 28.6 Å². The van der Waals surface area contributed by atoms with Crippen molar-refractivity contribution in [3.05, 3.63) is 97.2 Å². The minimum atomic E-state index is -0.808. The van der Waals surface area contributed by atoms with E-state index >= 15 is 0 Å². The molecule has 0 radical (unpaired) electrons. The van der Waals surface area contributed by atoms with Crippen LogP contribution in [0, 0.1) is 0 Å². The fourth-order valence-electron chi connectivity index (χ4n) is 6.89. The van der Waals surface area contributed by atoms with Crippen molar-refractivity contribution in [3.8, 4) is 0 Å². The second-order valence-corrected chi connectivity index (χ2v) is 16.8. The van der Waals surface area contributed by atoms with E-state index in [4.69, 9.17) is 14.2 Å². The summed E-state index contributed by atoms with van der Waals surface area (Å²) in [5, 5.41) is 0. The van der Waals surface area contributed by atoms with Gasteiger partial charge in [-0.25, -0.2) is 0 Å². The van der Waals surface area contributed by atoms with Gasteiger partial charge in [-0.15, -0.1) is 0 Å². The zero-order chi connectivity index (χ0) is 45.8. The Labute approximate surface area is 387 Å². The third kappa shape index (κ3) is 49.2. The highest BCUT2D eigenvalue weighted by Crippen LogP contribution is 2.15. The van der Waals surface area contributed by atoms with Crippen LogP contribution in [-0.2, 0) is 28.6 Å². The molecule has 0 bridgehead atoms. The van der Waals surface area contributed by atoms with E-state index in [0.29, 0.717) is 19.3 Å². The van der Waals surface area contributed by atoms with Crippen molar-refractivity contribution in [1.29, 1.82) is 0 Å². The van der Waals surface area contributed by atoms with Gasteiger partial charge in [-0.05, 0) is 70.6 Å². The van der Waals surface area contributed by atoms with Gasteiger partial charge in [-0.3, -0.25) is 14.4 Å². The smallest absolute Gasteiger partial charge is 0.306 e. The monoisotopic (exact) mass is 875 g/mol. The van der Waals surface area contributed by atoms with Gasteiger partial charge in [-0.2, -0.15) is 0 Å². The number of carbonyl (C=O) groups is 3. The molecular formula is C57H94O6. The van der Waals surface area contributed by atoms with E-state index in [-0.39, 0.29) is 37.5 Å². The lowest BCUT2D eigenvalue weighted by Gasteiger charge is -2.18. The Hall–Kier alpha value is -3.67. The Bertz CT molecular complexity index is 1280. The van der Waals surface area contributed by atoms with Gasteiger partial charge in [-0.1, -0.05) is 234 Å². The Morgan fingerprint density at radius 2 is 0.698 bits per heavy atom. The minimum absolute atomic E-state index is 0.102. The van der Waals surface area contributed by atoms with Gasteiger partial charge in [0.15, 0.2) is 6.10 Å². The summed E-state index contributed by atoms with van der Waals surface area (Å²) >= 11 is 0. The van der Waals surface area contributed by atoms with Gasteiger partial charge < -0.3 is 14.2 Å². The van der Waals surface area contributed by atoms with Gasteiger partial charge in [0, 0.05) is 19.3 Å². The van der Waals surface area contributed by atoms with Crippen molar-refractivity contribution in [2.24, 2.45) is 0 Å². The van der Waals surface area contributed by atoms with E-state index in [0.717, 1.165) is 96.3 Å². The van der Waals surface area contributed by atoms with Crippen LogP contribution >= 0.6 is 0 Å². The van der Waals surface area contributed by atoms with Crippen LogP contribution in [0.15, 0.2) is 97.2 Å². The van der Waals surface area contributed by atoms with Crippen LogP contribution in [0.4, 0.5) is 0 Å². The minimum Gasteiger partial charge on any atom is -0.462 e. The van der Waals surface area contributed by atoms with Gasteiger partial charge >= 0.3 is 17.9 Å². The third-order valence-electron chi connectivity index (χ3n) is 10.7. The summed E-state index contributed by atoms with van der Waals surface area (Å²) in [7, 11) is 0. The largest absolute Gasteiger partial charge is 0.462 e. The first-order valence-electron chi connectivity index (χ1n) is 25.8. The lowest BCUT2D eigenvalue weighted by atomic mass is 10.0. The Morgan fingerprint density at radius 3 is 1.17 bits per heavy atom. The molecule has 0 aromatic heterocycles. The average Bonchev–Trinajstić information content (AvgIpc) is 3.28. The standard InChI is InChI=1S/C57H94O6/c1-4-7-10-13-16-19-22-25-28-30-32-35-38-41-44-47-50-56(59)62-53-54(52-61-55(58)49-46-43-40-37-34-31-27-24-21-18-15-12-9-6-3)63-57(60)51-48-45-42-39-36-33-29-26-23-20-17-14-11-8-5-2/h8-9,11-12,14,17-18,20-21,23,26-27,29,31,33,36,54H,4-7,10,13,15-16,19,22,24-25,28,30,32,34-35,37-53H2,1-3H3/b11-8-,12-9-,17-14-,21-18-,23-20-,29-26-,31-27-,36-33-. The lowest BCUT2D eigenvalue weighted by Crippen LogP contribution is -2.30. The first kappa shape index (κ1) is 59.3. The molecule has 0 aliphatic carbocycles. The van der Waals surface area contributed by atoms with Gasteiger partial charge in [0.05, 0.1) is 0 Å². The lowest BCUT2D eigenvalue weighted by molar-refractivity contribution is -0.167. The molecule has 0 heterocycles. The van der Waals surface area contributed by atoms with Crippen molar-refractivity contribution in [2.45, 2.75) is 232 Å². The first-order chi connectivity index (χ1) is 31.0. The molecule has 0 aromatic rings. The molecule has 6 nitrogen and oxygen atoms in total. The number of esters is 3.